The summed E-state index contributed by atoms with van der Waals surface area (Å²) < 4.78 is 16.1. The van der Waals surface area contributed by atoms with E-state index in [0.29, 0.717) is 21.5 Å². The number of carbonyl (C=O) groups excluding carboxylic acids is 2. The Morgan fingerprint density at radius 3 is 2.48 bits per heavy atom. The van der Waals surface area contributed by atoms with Crippen molar-refractivity contribution in [3.8, 4) is 11.5 Å². The monoisotopic (exact) mass is 407 g/mol. The number of carbonyl (C=O) groups is 2. The minimum Gasteiger partial charge on any atom is -0.493 e. The lowest BCUT2D eigenvalue weighted by Gasteiger charge is -2.13. The van der Waals surface area contributed by atoms with Gasteiger partial charge >= 0.3 is 5.97 Å². The molecule has 0 unspecified atom stereocenters. The number of nitrogens with one attached hydrogen (secondary N) is 1. The first-order valence-corrected chi connectivity index (χ1v) is 8.24. The molecule has 0 spiro atoms. The van der Waals surface area contributed by atoms with E-state index in [1.54, 1.807) is 43.5 Å². The van der Waals surface area contributed by atoms with Crippen LogP contribution in [-0.4, -0.2) is 32.7 Å². The van der Waals surface area contributed by atoms with Gasteiger partial charge in [0.15, 0.2) is 18.1 Å². The molecule has 25 heavy (non-hydrogen) atoms. The van der Waals surface area contributed by atoms with Gasteiger partial charge < -0.3 is 19.5 Å². The van der Waals surface area contributed by atoms with E-state index in [-0.39, 0.29) is 13.2 Å². The van der Waals surface area contributed by atoms with Gasteiger partial charge in [0.05, 0.1) is 19.8 Å². The van der Waals surface area contributed by atoms with E-state index in [4.69, 9.17) is 14.2 Å². The number of ether oxygens (including phenoxy) is 3. The number of hydrogen-bond acceptors (Lipinski definition) is 5. The molecular formula is C18H18BrNO5. The van der Waals surface area contributed by atoms with E-state index >= 15 is 0 Å². The Morgan fingerprint density at radius 1 is 1.04 bits per heavy atom. The van der Waals surface area contributed by atoms with E-state index in [0.717, 1.165) is 5.56 Å². The van der Waals surface area contributed by atoms with E-state index in [9.17, 15) is 9.59 Å². The van der Waals surface area contributed by atoms with Crippen LogP contribution in [0.5, 0.6) is 11.5 Å². The second kappa shape index (κ2) is 9.08. The Bertz CT molecular complexity index is 763. The maximum absolute atomic E-state index is 12.0. The van der Waals surface area contributed by atoms with Gasteiger partial charge in [0.2, 0.25) is 0 Å². The Kier molecular flexibility index (Phi) is 6.82. The van der Waals surface area contributed by atoms with Gasteiger partial charge in [0, 0.05) is 16.6 Å². The lowest BCUT2D eigenvalue weighted by molar-refractivity contribution is -0.124. The average Bonchev–Trinajstić information content (AvgIpc) is 2.64. The summed E-state index contributed by atoms with van der Waals surface area (Å²) in [6.45, 7) is -0.141. The summed E-state index contributed by atoms with van der Waals surface area (Å²) >= 11 is 3.27. The van der Waals surface area contributed by atoms with Crippen LogP contribution in [0.1, 0.15) is 15.9 Å². The molecule has 0 aliphatic rings. The molecule has 7 heteroatoms. The SMILES string of the molecule is COc1cccc(CNC(=O)COC(=O)c2ccccc2Br)c1OC. The van der Waals surface area contributed by atoms with Gasteiger partial charge in [-0.15, -0.1) is 0 Å². The van der Waals surface area contributed by atoms with Gasteiger partial charge in [-0.2, -0.15) is 0 Å². The van der Waals surface area contributed by atoms with Gasteiger partial charge in [-0.3, -0.25) is 4.79 Å². The molecule has 0 radical (unpaired) electrons. The summed E-state index contributed by atoms with van der Waals surface area (Å²) in [6.07, 6.45) is 0. The molecule has 0 aliphatic carbocycles. The molecule has 2 rings (SSSR count). The average molecular weight is 408 g/mol. The van der Waals surface area contributed by atoms with Crippen molar-refractivity contribution in [1.29, 1.82) is 0 Å². The van der Waals surface area contributed by atoms with Crippen LogP contribution in [0.25, 0.3) is 0 Å². The number of para-hydroxylation sites is 1. The first-order chi connectivity index (χ1) is 12.1. The number of methoxy groups -OCH3 is 2. The molecule has 132 valence electrons. The van der Waals surface area contributed by atoms with Crippen molar-refractivity contribution in [3.05, 3.63) is 58.1 Å². The molecule has 1 N–H and O–H groups in total. The van der Waals surface area contributed by atoms with Crippen molar-refractivity contribution in [2.24, 2.45) is 0 Å². The molecule has 2 aromatic rings. The van der Waals surface area contributed by atoms with Gasteiger partial charge in [0.25, 0.3) is 5.91 Å². The van der Waals surface area contributed by atoms with Crippen LogP contribution in [0.4, 0.5) is 0 Å². The highest BCUT2D eigenvalue weighted by atomic mass is 79.9. The van der Waals surface area contributed by atoms with Crippen LogP contribution in [0, 0.1) is 0 Å². The normalized spacial score (nSPS) is 10.0. The van der Waals surface area contributed by atoms with Gasteiger partial charge in [-0.25, -0.2) is 4.79 Å². The minimum absolute atomic E-state index is 0.228. The predicted molar refractivity (Wildman–Crippen MR) is 95.8 cm³/mol. The fourth-order valence-electron chi connectivity index (χ4n) is 2.17. The van der Waals surface area contributed by atoms with Crippen LogP contribution in [0.3, 0.4) is 0 Å². The molecule has 0 aromatic heterocycles. The molecular weight excluding hydrogens is 390 g/mol. The molecule has 0 bridgehead atoms. The minimum atomic E-state index is -0.568. The summed E-state index contributed by atoms with van der Waals surface area (Å²) in [4.78, 5) is 23.9. The summed E-state index contributed by atoms with van der Waals surface area (Å²) in [5, 5.41) is 2.68. The van der Waals surface area contributed by atoms with Gasteiger partial charge in [-0.1, -0.05) is 24.3 Å². The number of esters is 1. The Hall–Kier alpha value is -2.54. The van der Waals surface area contributed by atoms with Crippen molar-refractivity contribution in [3.63, 3.8) is 0 Å². The molecule has 0 atom stereocenters. The third-order valence-electron chi connectivity index (χ3n) is 3.39. The van der Waals surface area contributed by atoms with Crippen LogP contribution in [0.2, 0.25) is 0 Å². The van der Waals surface area contributed by atoms with E-state index in [1.165, 1.54) is 7.11 Å². The lowest BCUT2D eigenvalue weighted by atomic mass is 10.2. The van der Waals surface area contributed by atoms with Crippen LogP contribution >= 0.6 is 15.9 Å². The summed E-state index contributed by atoms with van der Waals surface area (Å²) in [5.74, 6) is 0.150. The highest BCUT2D eigenvalue weighted by Gasteiger charge is 2.14. The third-order valence-corrected chi connectivity index (χ3v) is 4.08. The number of hydrogen-bond donors (Lipinski definition) is 1. The molecule has 2 aromatic carbocycles. The zero-order chi connectivity index (χ0) is 18.2. The lowest BCUT2D eigenvalue weighted by Crippen LogP contribution is -2.28. The van der Waals surface area contributed by atoms with Gasteiger partial charge in [0.1, 0.15) is 0 Å². The first kappa shape index (κ1) is 18.8. The smallest absolute Gasteiger partial charge is 0.339 e. The Labute approximate surface area is 154 Å². The third kappa shape index (κ3) is 4.96. The first-order valence-electron chi connectivity index (χ1n) is 7.45. The number of amides is 1. The van der Waals surface area contributed by atoms with Crippen molar-refractivity contribution in [2.75, 3.05) is 20.8 Å². The summed E-state index contributed by atoms with van der Waals surface area (Å²) in [6, 6.07) is 12.2. The van der Waals surface area contributed by atoms with Crippen molar-refractivity contribution in [1.82, 2.24) is 5.32 Å². The molecule has 6 nitrogen and oxygen atoms in total. The van der Waals surface area contributed by atoms with E-state index in [2.05, 4.69) is 21.2 Å². The fourth-order valence-corrected chi connectivity index (χ4v) is 2.62. The van der Waals surface area contributed by atoms with Crippen molar-refractivity contribution < 1.29 is 23.8 Å². The highest BCUT2D eigenvalue weighted by Crippen LogP contribution is 2.30. The maximum atomic E-state index is 12.0. The molecule has 0 heterocycles. The van der Waals surface area contributed by atoms with Crippen LogP contribution in [0.15, 0.2) is 46.9 Å². The number of halogens is 1. The molecule has 0 saturated heterocycles. The van der Waals surface area contributed by atoms with Crippen LogP contribution < -0.4 is 14.8 Å². The Morgan fingerprint density at radius 2 is 1.80 bits per heavy atom. The van der Waals surface area contributed by atoms with E-state index in [1.807, 2.05) is 6.07 Å². The zero-order valence-electron chi connectivity index (χ0n) is 13.9. The second-order valence-corrected chi connectivity index (χ2v) is 5.84. The predicted octanol–water partition coefficient (Wildman–Crippen LogP) is 2.94. The molecule has 1 amide bonds. The zero-order valence-corrected chi connectivity index (χ0v) is 15.5. The fraction of sp³-hybridized carbons (Fsp3) is 0.222. The standard InChI is InChI=1S/C18H18BrNO5/c1-23-15-9-5-6-12(17(15)24-2)10-20-16(21)11-25-18(22)13-7-3-4-8-14(13)19/h3-9H,10-11H2,1-2H3,(H,20,21). The number of rotatable bonds is 7. The van der Waals surface area contributed by atoms with Crippen molar-refractivity contribution >= 4 is 27.8 Å². The van der Waals surface area contributed by atoms with Crippen molar-refractivity contribution in [2.45, 2.75) is 6.54 Å². The van der Waals surface area contributed by atoms with E-state index < -0.39 is 11.9 Å². The summed E-state index contributed by atoms with van der Waals surface area (Å²) in [5.41, 5.74) is 1.12. The maximum Gasteiger partial charge on any atom is 0.339 e. The van der Waals surface area contributed by atoms with Gasteiger partial charge in [-0.05, 0) is 34.1 Å². The molecule has 0 aliphatic heterocycles. The van der Waals surface area contributed by atoms with Crippen LogP contribution in [-0.2, 0) is 16.1 Å². The Balaban J connectivity index is 1.89. The highest BCUT2D eigenvalue weighted by molar-refractivity contribution is 9.10. The summed E-state index contributed by atoms with van der Waals surface area (Å²) in [7, 11) is 3.07. The topological polar surface area (TPSA) is 73.9 Å². The second-order valence-electron chi connectivity index (χ2n) is 4.99. The number of benzene rings is 2. The quantitative estimate of drug-likeness (QED) is 0.714. The molecule has 0 fully saturated rings. The largest absolute Gasteiger partial charge is 0.493 e. The molecule has 0 saturated carbocycles.